The molecule has 0 saturated carbocycles. The Balaban J connectivity index is 2.75. The van der Waals surface area contributed by atoms with E-state index in [1.807, 2.05) is 0 Å². The van der Waals surface area contributed by atoms with Gasteiger partial charge in [-0.15, -0.1) is 0 Å². The van der Waals surface area contributed by atoms with Crippen molar-refractivity contribution in [3.05, 3.63) is 23.1 Å². The minimum atomic E-state index is -0.679. The highest BCUT2D eigenvalue weighted by molar-refractivity contribution is 6.31. The van der Waals surface area contributed by atoms with Gasteiger partial charge in [-0.05, 0) is 6.07 Å². The summed E-state index contributed by atoms with van der Waals surface area (Å²) >= 11 is 5.81. The summed E-state index contributed by atoms with van der Waals surface area (Å²) in [6.07, 6.45) is 1.50. The van der Waals surface area contributed by atoms with Crippen molar-refractivity contribution in [2.75, 3.05) is 20.0 Å². The van der Waals surface area contributed by atoms with Crippen molar-refractivity contribution in [3.8, 4) is 22.6 Å². The van der Waals surface area contributed by atoms with Crippen LogP contribution in [0, 0.1) is 5.82 Å². The number of nitrogens with zero attached hydrogens (tertiary/aromatic N) is 1. The second-order valence-electron chi connectivity index (χ2n) is 3.48. The predicted molar refractivity (Wildman–Crippen MR) is 66.5 cm³/mol. The molecule has 2 rings (SSSR count). The summed E-state index contributed by atoms with van der Waals surface area (Å²) in [5.74, 6) is -0.201. The third kappa shape index (κ3) is 1.84. The number of H-pyrrole nitrogens is 1. The first-order chi connectivity index (χ1) is 8.60. The summed E-state index contributed by atoms with van der Waals surface area (Å²) in [6, 6.07) is 1.42. The van der Waals surface area contributed by atoms with E-state index in [9.17, 15) is 4.39 Å². The molecular weight excluding hydrogens is 261 g/mol. The first-order valence-corrected chi connectivity index (χ1v) is 5.37. The first-order valence-electron chi connectivity index (χ1n) is 4.99. The summed E-state index contributed by atoms with van der Waals surface area (Å²) in [5, 5.41) is 6.30. The molecule has 0 bridgehead atoms. The van der Waals surface area contributed by atoms with Gasteiger partial charge in [0.25, 0.3) is 0 Å². The standard InChI is InChI=1S/C11H11ClFN3O2/c1-17-9-5(6-4-15-16-11(6)14)3-7(12)8(13)10(9)18-2/h3-4H,1-2H3,(H3,14,15,16). The average Bonchev–Trinajstić information content (AvgIpc) is 2.78. The van der Waals surface area contributed by atoms with Crippen LogP contribution in [-0.2, 0) is 0 Å². The number of aromatic amines is 1. The number of hydrogen-bond donors (Lipinski definition) is 2. The van der Waals surface area contributed by atoms with Gasteiger partial charge in [-0.3, -0.25) is 5.10 Å². The van der Waals surface area contributed by atoms with Crippen LogP contribution in [0.2, 0.25) is 5.02 Å². The van der Waals surface area contributed by atoms with Crippen molar-refractivity contribution in [2.24, 2.45) is 0 Å². The second kappa shape index (κ2) is 4.73. The van der Waals surface area contributed by atoms with Crippen LogP contribution in [0.5, 0.6) is 11.5 Å². The van der Waals surface area contributed by atoms with Gasteiger partial charge in [-0.1, -0.05) is 11.6 Å². The maximum absolute atomic E-state index is 13.8. The van der Waals surface area contributed by atoms with Crippen LogP contribution in [0.1, 0.15) is 0 Å². The molecule has 0 spiro atoms. The van der Waals surface area contributed by atoms with Crippen molar-refractivity contribution in [1.29, 1.82) is 0 Å². The van der Waals surface area contributed by atoms with E-state index in [1.54, 1.807) is 0 Å². The zero-order valence-electron chi connectivity index (χ0n) is 9.75. The third-order valence-corrected chi connectivity index (χ3v) is 2.77. The molecule has 0 radical (unpaired) electrons. The molecule has 96 valence electrons. The van der Waals surface area contributed by atoms with Crippen LogP contribution >= 0.6 is 11.6 Å². The summed E-state index contributed by atoms with van der Waals surface area (Å²) in [7, 11) is 2.74. The van der Waals surface area contributed by atoms with Crippen LogP contribution in [0.4, 0.5) is 10.2 Å². The summed E-state index contributed by atoms with van der Waals surface area (Å²) in [5.41, 5.74) is 6.79. The van der Waals surface area contributed by atoms with E-state index in [2.05, 4.69) is 10.2 Å². The molecule has 7 heteroatoms. The zero-order valence-corrected chi connectivity index (χ0v) is 10.5. The Kier molecular flexibility index (Phi) is 3.29. The van der Waals surface area contributed by atoms with Crippen molar-refractivity contribution >= 4 is 17.4 Å². The third-order valence-electron chi connectivity index (χ3n) is 2.50. The number of halogens is 2. The maximum atomic E-state index is 13.8. The Labute approximate surface area is 108 Å². The van der Waals surface area contributed by atoms with Gasteiger partial charge in [0, 0.05) is 11.1 Å². The lowest BCUT2D eigenvalue weighted by Gasteiger charge is -2.14. The molecule has 5 nitrogen and oxygen atoms in total. The lowest BCUT2D eigenvalue weighted by Crippen LogP contribution is -1.98. The van der Waals surface area contributed by atoms with E-state index < -0.39 is 5.82 Å². The van der Waals surface area contributed by atoms with Gasteiger partial charge in [0.2, 0.25) is 0 Å². The molecule has 0 saturated heterocycles. The van der Waals surface area contributed by atoms with Gasteiger partial charge in [0.15, 0.2) is 17.3 Å². The Morgan fingerprint density at radius 2 is 1.94 bits per heavy atom. The molecule has 0 aliphatic carbocycles. The quantitative estimate of drug-likeness (QED) is 0.899. The molecule has 1 heterocycles. The minimum Gasteiger partial charge on any atom is -0.492 e. The van der Waals surface area contributed by atoms with Crippen molar-refractivity contribution in [2.45, 2.75) is 0 Å². The highest BCUT2D eigenvalue weighted by Gasteiger charge is 2.21. The predicted octanol–water partition coefficient (Wildman–Crippen LogP) is 2.47. The van der Waals surface area contributed by atoms with E-state index in [1.165, 1.54) is 26.5 Å². The van der Waals surface area contributed by atoms with Crippen molar-refractivity contribution in [3.63, 3.8) is 0 Å². The fraction of sp³-hybridized carbons (Fsp3) is 0.182. The molecule has 18 heavy (non-hydrogen) atoms. The number of nitrogens with two attached hydrogens (primary N) is 1. The zero-order chi connectivity index (χ0) is 13.3. The molecule has 1 aromatic carbocycles. The number of benzene rings is 1. The van der Waals surface area contributed by atoms with Gasteiger partial charge in [-0.2, -0.15) is 5.10 Å². The van der Waals surface area contributed by atoms with Crippen LogP contribution in [0.3, 0.4) is 0 Å². The average molecular weight is 272 g/mol. The molecule has 0 amide bonds. The van der Waals surface area contributed by atoms with Gasteiger partial charge in [0.05, 0.1) is 25.4 Å². The van der Waals surface area contributed by atoms with Crippen LogP contribution in [0.15, 0.2) is 12.3 Å². The van der Waals surface area contributed by atoms with Gasteiger partial charge in [0.1, 0.15) is 5.82 Å². The number of ether oxygens (including phenoxy) is 2. The lowest BCUT2D eigenvalue weighted by atomic mass is 10.1. The number of anilines is 1. The van der Waals surface area contributed by atoms with Crippen LogP contribution in [0.25, 0.3) is 11.1 Å². The largest absolute Gasteiger partial charge is 0.492 e. The Hall–Kier alpha value is -1.95. The summed E-state index contributed by atoms with van der Waals surface area (Å²) < 4.78 is 23.9. The molecule has 3 N–H and O–H groups in total. The molecule has 0 aliphatic heterocycles. The molecule has 0 fully saturated rings. The van der Waals surface area contributed by atoms with E-state index in [0.29, 0.717) is 16.9 Å². The minimum absolute atomic E-state index is 0.0689. The van der Waals surface area contributed by atoms with Crippen LogP contribution < -0.4 is 15.2 Å². The van der Waals surface area contributed by atoms with Gasteiger partial charge >= 0.3 is 0 Å². The number of nitrogen functional groups attached to an aromatic ring is 1. The number of methoxy groups -OCH3 is 2. The van der Waals surface area contributed by atoms with E-state index >= 15 is 0 Å². The van der Waals surface area contributed by atoms with E-state index in [0.717, 1.165) is 0 Å². The molecular formula is C11H11ClFN3O2. The second-order valence-corrected chi connectivity index (χ2v) is 3.89. The first kappa shape index (κ1) is 12.5. The lowest BCUT2D eigenvalue weighted by molar-refractivity contribution is 0.338. The van der Waals surface area contributed by atoms with Crippen LogP contribution in [-0.4, -0.2) is 24.4 Å². The molecule has 0 atom stereocenters. The van der Waals surface area contributed by atoms with Crippen molar-refractivity contribution < 1.29 is 13.9 Å². The molecule has 1 aromatic heterocycles. The van der Waals surface area contributed by atoms with E-state index in [-0.39, 0.29) is 16.5 Å². The SMILES string of the molecule is COc1c(-c2cn[nH]c2N)cc(Cl)c(F)c1OC. The van der Waals surface area contributed by atoms with Gasteiger partial charge < -0.3 is 15.2 Å². The topological polar surface area (TPSA) is 73.2 Å². The number of aromatic nitrogens is 2. The normalized spacial score (nSPS) is 10.4. The summed E-state index contributed by atoms with van der Waals surface area (Å²) in [6.45, 7) is 0. The summed E-state index contributed by atoms with van der Waals surface area (Å²) in [4.78, 5) is 0. The smallest absolute Gasteiger partial charge is 0.199 e. The highest BCUT2D eigenvalue weighted by Crippen LogP contribution is 2.44. The number of hydrogen-bond acceptors (Lipinski definition) is 4. The molecule has 2 aromatic rings. The maximum Gasteiger partial charge on any atom is 0.199 e. The number of nitrogens with one attached hydrogen (secondary N) is 1. The molecule has 0 unspecified atom stereocenters. The fourth-order valence-electron chi connectivity index (χ4n) is 1.68. The molecule has 0 aliphatic rings. The monoisotopic (exact) mass is 271 g/mol. The highest BCUT2D eigenvalue weighted by atomic mass is 35.5. The van der Waals surface area contributed by atoms with Gasteiger partial charge in [-0.25, -0.2) is 4.39 Å². The Morgan fingerprint density at radius 3 is 2.44 bits per heavy atom. The Morgan fingerprint density at radius 1 is 1.28 bits per heavy atom. The Bertz CT molecular complexity index is 586. The van der Waals surface area contributed by atoms with E-state index in [4.69, 9.17) is 26.8 Å². The number of rotatable bonds is 3. The fourth-order valence-corrected chi connectivity index (χ4v) is 1.88. The van der Waals surface area contributed by atoms with Crippen molar-refractivity contribution in [1.82, 2.24) is 10.2 Å².